The van der Waals surface area contributed by atoms with Crippen molar-refractivity contribution < 1.29 is 9.53 Å². The van der Waals surface area contributed by atoms with Crippen LogP contribution in [0.15, 0.2) is 60.9 Å². The Hall–Kier alpha value is -2.67. The van der Waals surface area contributed by atoms with Gasteiger partial charge in [-0.05, 0) is 22.8 Å². The molecule has 0 unspecified atom stereocenters. The molecule has 0 bridgehead atoms. The van der Waals surface area contributed by atoms with Crippen LogP contribution in [-0.4, -0.2) is 46.9 Å². The van der Waals surface area contributed by atoms with Crippen LogP contribution in [0.5, 0.6) is 0 Å². The Kier molecular flexibility index (Phi) is 6.79. The summed E-state index contributed by atoms with van der Waals surface area (Å²) in [6.07, 6.45) is 3.34. The van der Waals surface area contributed by atoms with E-state index in [1.165, 1.54) is 5.56 Å². The Morgan fingerprint density at radius 1 is 1.00 bits per heavy atom. The number of nitrogens with one attached hydrogen (secondary N) is 1. The molecule has 0 radical (unpaired) electrons. The van der Waals surface area contributed by atoms with Crippen molar-refractivity contribution in [3.05, 3.63) is 88.2 Å². The number of halogens is 1. The Balaban J connectivity index is 1.36. The van der Waals surface area contributed by atoms with Crippen LogP contribution < -0.4 is 5.32 Å². The summed E-state index contributed by atoms with van der Waals surface area (Å²) in [6.45, 7) is 5.29. The fraction of sp³-hybridized carbons (Fsp3) is 0.304. The summed E-state index contributed by atoms with van der Waals surface area (Å²) >= 11 is 6.21. The fourth-order valence-corrected chi connectivity index (χ4v) is 3.73. The van der Waals surface area contributed by atoms with Gasteiger partial charge >= 0.3 is 0 Å². The zero-order valence-electron chi connectivity index (χ0n) is 16.8. The van der Waals surface area contributed by atoms with Crippen molar-refractivity contribution in [3.8, 4) is 0 Å². The standard InChI is InChI=1S/C23H25ClN4O2/c24-22-8-4-3-7-20(22)16-28-17-21(14-26-28)23(29)25-13-18-5-1-2-6-19(18)15-27-9-11-30-12-10-27/h1-8,14,17H,9-13,15-16H2,(H,25,29). The van der Waals surface area contributed by atoms with E-state index in [-0.39, 0.29) is 5.91 Å². The maximum absolute atomic E-state index is 12.6. The maximum atomic E-state index is 12.6. The van der Waals surface area contributed by atoms with E-state index in [1.807, 2.05) is 36.4 Å². The lowest BCUT2D eigenvalue weighted by Gasteiger charge is -2.27. The van der Waals surface area contributed by atoms with E-state index in [0.717, 1.165) is 44.0 Å². The van der Waals surface area contributed by atoms with Crippen molar-refractivity contribution in [1.29, 1.82) is 0 Å². The molecule has 4 rings (SSSR count). The highest BCUT2D eigenvalue weighted by Gasteiger charge is 2.14. The van der Waals surface area contributed by atoms with Gasteiger partial charge in [0.1, 0.15) is 0 Å². The number of morpholine rings is 1. The van der Waals surface area contributed by atoms with Gasteiger partial charge in [-0.1, -0.05) is 54.1 Å². The van der Waals surface area contributed by atoms with Gasteiger partial charge in [0.2, 0.25) is 0 Å². The molecule has 1 saturated heterocycles. The molecular formula is C23H25ClN4O2. The largest absolute Gasteiger partial charge is 0.379 e. The second-order valence-corrected chi connectivity index (χ2v) is 7.77. The molecule has 6 nitrogen and oxygen atoms in total. The molecule has 2 aromatic carbocycles. The monoisotopic (exact) mass is 424 g/mol. The van der Waals surface area contributed by atoms with Crippen LogP contribution in [0.4, 0.5) is 0 Å². The Morgan fingerprint density at radius 3 is 2.47 bits per heavy atom. The van der Waals surface area contributed by atoms with Gasteiger partial charge in [0.15, 0.2) is 0 Å². The third-order valence-corrected chi connectivity index (χ3v) is 5.61. The third kappa shape index (κ3) is 5.27. The summed E-state index contributed by atoms with van der Waals surface area (Å²) in [5, 5.41) is 8.01. The van der Waals surface area contributed by atoms with Crippen LogP contribution in [0.1, 0.15) is 27.0 Å². The number of ether oxygens (including phenoxy) is 1. The number of aromatic nitrogens is 2. The molecule has 3 aromatic rings. The normalized spacial score (nSPS) is 14.6. The average Bonchev–Trinajstić information content (AvgIpc) is 3.24. The summed E-state index contributed by atoms with van der Waals surface area (Å²) in [6, 6.07) is 15.9. The molecule has 156 valence electrons. The first-order chi connectivity index (χ1) is 14.7. The molecule has 1 aromatic heterocycles. The first-order valence-electron chi connectivity index (χ1n) is 10.1. The Morgan fingerprint density at radius 2 is 1.70 bits per heavy atom. The van der Waals surface area contributed by atoms with Gasteiger partial charge in [-0.25, -0.2) is 0 Å². The molecule has 0 saturated carbocycles. The number of hydrogen-bond donors (Lipinski definition) is 1. The minimum Gasteiger partial charge on any atom is -0.379 e. The van der Waals surface area contributed by atoms with E-state index in [1.54, 1.807) is 17.1 Å². The minimum atomic E-state index is -0.137. The molecule has 0 atom stereocenters. The highest BCUT2D eigenvalue weighted by Crippen LogP contribution is 2.16. The molecule has 1 amide bonds. The number of hydrogen-bond acceptors (Lipinski definition) is 4. The number of carbonyl (C=O) groups excluding carboxylic acids is 1. The lowest BCUT2D eigenvalue weighted by molar-refractivity contribution is 0.0340. The van der Waals surface area contributed by atoms with E-state index >= 15 is 0 Å². The molecule has 30 heavy (non-hydrogen) atoms. The summed E-state index contributed by atoms with van der Waals surface area (Å²) in [4.78, 5) is 15.0. The lowest BCUT2D eigenvalue weighted by atomic mass is 10.1. The first-order valence-corrected chi connectivity index (χ1v) is 10.5. The van der Waals surface area contributed by atoms with Gasteiger partial charge in [-0.2, -0.15) is 5.10 Å². The number of nitrogens with zero attached hydrogens (tertiary/aromatic N) is 3. The van der Waals surface area contributed by atoms with Crippen molar-refractivity contribution in [2.75, 3.05) is 26.3 Å². The molecule has 2 heterocycles. The van der Waals surface area contributed by atoms with Gasteiger partial charge in [0.25, 0.3) is 5.91 Å². The summed E-state index contributed by atoms with van der Waals surface area (Å²) in [5.74, 6) is -0.137. The zero-order chi connectivity index (χ0) is 20.8. The van der Waals surface area contributed by atoms with Gasteiger partial charge in [-0.3, -0.25) is 14.4 Å². The van der Waals surface area contributed by atoms with Crippen molar-refractivity contribution in [2.45, 2.75) is 19.6 Å². The minimum absolute atomic E-state index is 0.137. The lowest BCUT2D eigenvalue weighted by Crippen LogP contribution is -2.36. The molecule has 1 fully saturated rings. The third-order valence-electron chi connectivity index (χ3n) is 5.24. The van der Waals surface area contributed by atoms with E-state index in [2.05, 4.69) is 27.4 Å². The van der Waals surface area contributed by atoms with Crippen LogP contribution in [0.25, 0.3) is 0 Å². The topological polar surface area (TPSA) is 59.4 Å². The van der Waals surface area contributed by atoms with E-state index in [0.29, 0.717) is 23.7 Å². The fourth-order valence-electron chi connectivity index (χ4n) is 3.53. The maximum Gasteiger partial charge on any atom is 0.254 e. The van der Waals surface area contributed by atoms with Crippen molar-refractivity contribution in [2.24, 2.45) is 0 Å². The van der Waals surface area contributed by atoms with Crippen LogP contribution in [0.2, 0.25) is 5.02 Å². The van der Waals surface area contributed by atoms with Crippen molar-refractivity contribution in [1.82, 2.24) is 20.0 Å². The molecule has 1 aliphatic rings. The molecule has 1 N–H and O–H groups in total. The number of carbonyl (C=O) groups is 1. The van der Waals surface area contributed by atoms with Crippen molar-refractivity contribution >= 4 is 17.5 Å². The van der Waals surface area contributed by atoms with Gasteiger partial charge in [0.05, 0.1) is 31.5 Å². The van der Waals surface area contributed by atoms with E-state index in [9.17, 15) is 4.79 Å². The van der Waals surface area contributed by atoms with Crippen LogP contribution in [-0.2, 0) is 24.4 Å². The molecule has 7 heteroatoms. The van der Waals surface area contributed by atoms with E-state index in [4.69, 9.17) is 16.3 Å². The predicted molar refractivity (Wildman–Crippen MR) is 116 cm³/mol. The number of rotatable bonds is 7. The van der Waals surface area contributed by atoms with Gasteiger partial charge < -0.3 is 10.1 Å². The zero-order valence-corrected chi connectivity index (χ0v) is 17.5. The second-order valence-electron chi connectivity index (χ2n) is 7.36. The highest BCUT2D eigenvalue weighted by molar-refractivity contribution is 6.31. The smallest absolute Gasteiger partial charge is 0.254 e. The van der Waals surface area contributed by atoms with Gasteiger partial charge in [-0.15, -0.1) is 0 Å². The second kappa shape index (κ2) is 9.89. The SMILES string of the molecule is O=C(NCc1ccccc1CN1CCOCC1)c1cnn(Cc2ccccc2Cl)c1. The predicted octanol–water partition coefficient (Wildman–Crippen LogP) is 3.35. The average molecular weight is 425 g/mol. The Labute approximate surface area is 181 Å². The van der Waals surface area contributed by atoms with Gasteiger partial charge in [0, 0.05) is 37.4 Å². The quantitative estimate of drug-likeness (QED) is 0.632. The van der Waals surface area contributed by atoms with Crippen LogP contribution in [0.3, 0.4) is 0 Å². The first kappa shape index (κ1) is 20.6. The van der Waals surface area contributed by atoms with Crippen LogP contribution >= 0.6 is 11.6 Å². The molecule has 0 aliphatic carbocycles. The summed E-state index contributed by atoms with van der Waals surface area (Å²) in [7, 11) is 0. The molecule has 0 spiro atoms. The van der Waals surface area contributed by atoms with Crippen LogP contribution in [0, 0.1) is 0 Å². The number of benzene rings is 2. The summed E-state index contributed by atoms with van der Waals surface area (Å²) < 4.78 is 7.15. The van der Waals surface area contributed by atoms with Crippen molar-refractivity contribution in [3.63, 3.8) is 0 Å². The van der Waals surface area contributed by atoms with E-state index < -0.39 is 0 Å². The molecule has 1 aliphatic heterocycles. The Bertz CT molecular complexity index is 998. The summed E-state index contributed by atoms with van der Waals surface area (Å²) in [5.41, 5.74) is 3.86. The highest BCUT2D eigenvalue weighted by atomic mass is 35.5. The molecular weight excluding hydrogens is 400 g/mol. The number of amides is 1.